The van der Waals surface area contributed by atoms with Gasteiger partial charge in [0.2, 0.25) is 0 Å². The van der Waals surface area contributed by atoms with Crippen molar-refractivity contribution >= 4 is 23.5 Å². The van der Waals surface area contributed by atoms with Crippen molar-refractivity contribution in [2.45, 2.75) is 13.3 Å². The predicted octanol–water partition coefficient (Wildman–Crippen LogP) is 0.857. The van der Waals surface area contributed by atoms with Gasteiger partial charge in [0.1, 0.15) is 12.5 Å². The van der Waals surface area contributed by atoms with Crippen LogP contribution in [0.15, 0.2) is 0 Å². The number of alkyl halides is 1. The van der Waals surface area contributed by atoms with Crippen LogP contribution in [0.3, 0.4) is 0 Å². The van der Waals surface area contributed by atoms with Gasteiger partial charge in [-0.1, -0.05) is 6.92 Å². The van der Waals surface area contributed by atoms with Gasteiger partial charge in [-0.25, -0.2) is 9.69 Å². The molecule has 0 aliphatic carbocycles. The molecule has 0 bridgehead atoms. The number of hydrogen-bond donors (Lipinski definition) is 0. The van der Waals surface area contributed by atoms with Crippen LogP contribution in [0.5, 0.6) is 0 Å². The highest BCUT2D eigenvalue weighted by Crippen LogP contribution is 2.10. The lowest BCUT2D eigenvalue weighted by molar-refractivity contribution is -0.124. The fourth-order valence-corrected chi connectivity index (χ4v) is 1.39. The van der Waals surface area contributed by atoms with Gasteiger partial charge in [0.15, 0.2) is 0 Å². The van der Waals surface area contributed by atoms with Gasteiger partial charge in [-0.3, -0.25) is 4.79 Å². The number of carbonyl (C=O) groups excluding carboxylic acids is 2. The molecule has 0 spiro atoms. The normalized spacial score (nSPS) is 17.8. The van der Waals surface area contributed by atoms with Crippen molar-refractivity contribution in [1.82, 2.24) is 9.80 Å². The minimum Gasteiger partial charge on any atom is -0.315 e. The van der Waals surface area contributed by atoms with Gasteiger partial charge in [0, 0.05) is 6.54 Å². The zero-order valence-corrected chi connectivity index (χ0v) is 7.67. The average Bonchev–Trinajstić information content (AvgIpc) is 2.29. The maximum atomic E-state index is 11.3. The standard InChI is InChI=1S/C7H11ClN2O2/c1-2-3-9-4-6(11)10(5-8)7(9)12/h2-5H2,1H3. The fourth-order valence-electron chi connectivity index (χ4n) is 1.16. The second-order valence-corrected chi connectivity index (χ2v) is 2.88. The Morgan fingerprint density at radius 1 is 1.50 bits per heavy atom. The van der Waals surface area contributed by atoms with Crippen LogP contribution >= 0.6 is 11.6 Å². The Morgan fingerprint density at radius 3 is 2.58 bits per heavy atom. The number of nitrogens with zero attached hydrogens (tertiary/aromatic N) is 2. The summed E-state index contributed by atoms with van der Waals surface area (Å²) in [5, 5.41) is 0. The van der Waals surface area contributed by atoms with Gasteiger partial charge in [-0.2, -0.15) is 0 Å². The lowest BCUT2D eigenvalue weighted by Gasteiger charge is -2.13. The van der Waals surface area contributed by atoms with E-state index in [-0.39, 0.29) is 24.5 Å². The minimum absolute atomic E-state index is 0.0438. The van der Waals surface area contributed by atoms with Crippen molar-refractivity contribution in [3.63, 3.8) is 0 Å². The number of urea groups is 1. The van der Waals surface area contributed by atoms with E-state index in [0.29, 0.717) is 6.54 Å². The van der Waals surface area contributed by atoms with Gasteiger partial charge < -0.3 is 4.90 Å². The summed E-state index contributed by atoms with van der Waals surface area (Å²) in [6.07, 6.45) is 0.856. The monoisotopic (exact) mass is 190 g/mol. The molecule has 1 heterocycles. The number of imide groups is 1. The van der Waals surface area contributed by atoms with E-state index in [2.05, 4.69) is 0 Å². The van der Waals surface area contributed by atoms with Crippen LogP contribution in [-0.4, -0.2) is 40.8 Å². The van der Waals surface area contributed by atoms with Crippen LogP contribution < -0.4 is 0 Å². The highest BCUT2D eigenvalue weighted by Gasteiger charge is 2.34. The molecule has 0 N–H and O–H groups in total. The average molecular weight is 191 g/mol. The van der Waals surface area contributed by atoms with Gasteiger partial charge in [0.25, 0.3) is 5.91 Å². The third-order valence-electron chi connectivity index (χ3n) is 1.74. The van der Waals surface area contributed by atoms with Gasteiger partial charge in [-0.05, 0) is 6.42 Å². The molecule has 0 atom stereocenters. The summed E-state index contributed by atoms with van der Waals surface area (Å²) in [4.78, 5) is 24.9. The number of amides is 3. The molecule has 1 fully saturated rings. The molecule has 4 nitrogen and oxygen atoms in total. The Labute approximate surface area is 76.1 Å². The van der Waals surface area contributed by atoms with Gasteiger partial charge in [-0.15, -0.1) is 11.6 Å². The lowest BCUT2D eigenvalue weighted by Crippen LogP contribution is -2.32. The smallest absolute Gasteiger partial charge is 0.315 e. The maximum Gasteiger partial charge on any atom is 0.328 e. The summed E-state index contributed by atoms with van der Waals surface area (Å²) < 4.78 is 0. The molecule has 5 heteroatoms. The van der Waals surface area contributed by atoms with E-state index < -0.39 is 0 Å². The highest BCUT2D eigenvalue weighted by atomic mass is 35.5. The molecule has 68 valence electrons. The van der Waals surface area contributed by atoms with Crippen LogP contribution in [-0.2, 0) is 4.79 Å². The van der Waals surface area contributed by atoms with Crippen LogP contribution in [0.25, 0.3) is 0 Å². The first-order chi connectivity index (χ1) is 5.70. The Bertz CT molecular complexity index is 208. The Kier molecular flexibility index (Phi) is 2.92. The molecule has 0 unspecified atom stereocenters. The summed E-state index contributed by atoms with van der Waals surface area (Å²) in [5.41, 5.74) is 0. The SMILES string of the molecule is CCCN1CC(=O)N(CCl)C1=O. The van der Waals surface area contributed by atoms with Crippen LogP contribution in [0.2, 0.25) is 0 Å². The molecular formula is C7H11ClN2O2. The second-order valence-electron chi connectivity index (χ2n) is 2.65. The number of rotatable bonds is 3. The zero-order chi connectivity index (χ0) is 9.14. The van der Waals surface area contributed by atoms with E-state index in [1.165, 1.54) is 4.90 Å². The topological polar surface area (TPSA) is 40.6 Å². The molecule has 0 radical (unpaired) electrons. The van der Waals surface area contributed by atoms with E-state index in [4.69, 9.17) is 11.6 Å². The van der Waals surface area contributed by atoms with Crippen molar-refractivity contribution in [2.24, 2.45) is 0 Å². The van der Waals surface area contributed by atoms with Crippen molar-refractivity contribution in [1.29, 1.82) is 0 Å². The Morgan fingerprint density at radius 2 is 2.17 bits per heavy atom. The fraction of sp³-hybridized carbons (Fsp3) is 0.714. The minimum atomic E-state index is -0.267. The molecule has 12 heavy (non-hydrogen) atoms. The first-order valence-corrected chi connectivity index (χ1v) is 4.39. The van der Waals surface area contributed by atoms with Crippen molar-refractivity contribution in [3.05, 3.63) is 0 Å². The quantitative estimate of drug-likeness (QED) is 0.376. The number of halogens is 1. The third-order valence-corrected chi connectivity index (χ3v) is 1.98. The largest absolute Gasteiger partial charge is 0.328 e. The molecule has 0 aromatic rings. The van der Waals surface area contributed by atoms with Gasteiger partial charge in [0.05, 0.1) is 0 Å². The summed E-state index contributed by atoms with van der Waals surface area (Å²) in [5.74, 6) is -0.205. The molecule has 1 aliphatic rings. The molecule has 0 aromatic carbocycles. The van der Waals surface area contributed by atoms with Crippen molar-refractivity contribution in [3.8, 4) is 0 Å². The van der Waals surface area contributed by atoms with Crippen LogP contribution in [0, 0.1) is 0 Å². The van der Waals surface area contributed by atoms with Gasteiger partial charge >= 0.3 is 6.03 Å². The molecule has 1 saturated heterocycles. The first-order valence-electron chi connectivity index (χ1n) is 3.86. The molecule has 1 aliphatic heterocycles. The molecular weight excluding hydrogens is 180 g/mol. The number of hydrogen-bond acceptors (Lipinski definition) is 2. The molecule has 1 rings (SSSR count). The highest BCUT2D eigenvalue weighted by molar-refractivity contribution is 6.21. The van der Waals surface area contributed by atoms with E-state index in [9.17, 15) is 9.59 Å². The van der Waals surface area contributed by atoms with E-state index in [1.54, 1.807) is 0 Å². The summed E-state index contributed by atoms with van der Waals surface area (Å²) >= 11 is 5.42. The molecule has 0 aromatic heterocycles. The van der Waals surface area contributed by atoms with Crippen LogP contribution in [0.1, 0.15) is 13.3 Å². The summed E-state index contributed by atoms with van der Waals surface area (Å²) in [7, 11) is 0. The first kappa shape index (κ1) is 9.32. The molecule has 3 amide bonds. The second kappa shape index (κ2) is 3.76. The van der Waals surface area contributed by atoms with Crippen molar-refractivity contribution in [2.75, 3.05) is 19.1 Å². The van der Waals surface area contributed by atoms with E-state index in [0.717, 1.165) is 11.3 Å². The summed E-state index contributed by atoms with van der Waals surface area (Å²) in [6, 6.07) is -0.311. The Balaban J connectivity index is 2.62. The lowest BCUT2D eigenvalue weighted by atomic mass is 10.4. The van der Waals surface area contributed by atoms with Crippen LogP contribution in [0.4, 0.5) is 4.79 Å². The zero-order valence-electron chi connectivity index (χ0n) is 6.92. The molecule has 0 saturated carbocycles. The third kappa shape index (κ3) is 1.53. The maximum absolute atomic E-state index is 11.3. The predicted molar refractivity (Wildman–Crippen MR) is 44.8 cm³/mol. The van der Waals surface area contributed by atoms with E-state index >= 15 is 0 Å². The Hall–Kier alpha value is -0.770. The van der Waals surface area contributed by atoms with Crippen molar-refractivity contribution < 1.29 is 9.59 Å². The number of carbonyl (C=O) groups is 2. The van der Waals surface area contributed by atoms with E-state index in [1.807, 2.05) is 6.92 Å². The summed E-state index contributed by atoms with van der Waals surface area (Å²) in [6.45, 7) is 2.76.